The number of aryl methyl sites for hydroxylation is 1. The molecule has 20 heavy (non-hydrogen) atoms. The highest BCUT2D eigenvalue weighted by Gasteiger charge is 2.33. The highest BCUT2D eigenvalue weighted by Crippen LogP contribution is 2.39. The Bertz CT molecular complexity index is 606. The molecule has 1 aromatic heterocycles. The molecule has 0 amide bonds. The number of hydrogen-bond acceptors (Lipinski definition) is 4. The van der Waals surface area contributed by atoms with Crippen molar-refractivity contribution >= 4 is 11.3 Å². The van der Waals surface area contributed by atoms with Crippen LogP contribution in [0.25, 0.3) is 0 Å². The quantitative estimate of drug-likeness (QED) is 0.931. The summed E-state index contributed by atoms with van der Waals surface area (Å²) in [4.78, 5) is 5.62. The minimum absolute atomic E-state index is 0.130. The highest BCUT2D eigenvalue weighted by atomic mass is 32.1. The van der Waals surface area contributed by atoms with Crippen LogP contribution in [0.2, 0.25) is 0 Å². The number of ether oxygens (including phenoxy) is 1. The van der Waals surface area contributed by atoms with Crippen LogP contribution in [0.4, 0.5) is 0 Å². The SMILES string of the molecule is Cc1ncsc1CNC1CC(C)(C)Oc2ccccc21. The first-order valence-electron chi connectivity index (χ1n) is 6.95. The van der Waals surface area contributed by atoms with Gasteiger partial charge in [-0.25, -0.2) is 4.98 Å². The lowest BCUT2D eigenvalue weighted by Gasteiger charge is -2.38. The average Bonchev–Trinajstić information content (AvgIpc) is 2.80. The normalized spacial score (nSPS) is 20.2. The molecule has 1 aliphatic heterocycles. The van der Waals surface area contributed by atoms with Crippen molar-refractivity contribution in [2.24, 2.45) is 0 Å². The first-order chi connectivity index (χ1) is 9.55. The fourth-order valence-corrected chi connectivity index (χ4v) is 3.42. The molecule has 1 aliphatic rings. The molecule has 1 atom stereocenters. The first-order valence-corrected chi connectivity index (χ1v) is 7.83. The van der Waals surface area contributed by atoms with Crippen LogP contribution in [-0.2, 0) is 6.54 Å². The summed E-state index contributed by atoms with van der Waals surface area (Å²) < 4.78 is 6.06. The summed E-state index contributed by atoms with van der Waals surface area (Å²) >= 11 is 1.71. The Morgan fingerprint density at radius 3 is 2.95 bits per heavy atom. The fourth-order valence-electron chi connectivity index (χ4n) is 2.70. The lowest BCUT2D eigenvalue weighted by Crippen LogP contribution is -2.39. The van der Waals surface area contributed by atoms with Crippen LogP contribution in [0, 0.1) is 6.92 Å². The van der Waals surface area contributed by atoms with E-state index in [9.17, 15) is 0 Å². The van der Waals surface area contributed by atoms with E-state index in [1.54, 1.807) is 11.3 Å². The molecule has 1 N–H and O–H groups in total. The van der Waals surface area contributed by atoms with Crippen LogP contribution in [-0.4, -0.2) is 10.6 Å². The van der Waals surface area contributed by atoms with Crippen molar-refractivity contribution < 1.29 is 4.74 Å². The molecule has 0 spiro atoms. The maximum absolute atomic E-state index is 6.06. The van der Waals surface area contributed by atoms with Crippen LogP contribution >= 0.6 is 11.3 Å². The summed E-state index contributed by atoms with van der Waals surface area (Å²) in [6.45, 7) is 7.23. The smallest absolute Gasteiger partial charge is 0.124 e. The van der Waals surface area contributed by atoms with Crippen molar-refractivity contribution in [2.45, 2.75) is 45.4 Å². The Hall–Kier alpha value is -1.39. The minimum atomic E-state index is -0.130. The van der Waals surface area contributed by atoms with Crippen molar-refractivity contribution in [1.29, 1.82) is 0 Å². The Balaban J connectivity index is 1.80. The summed E-state index contributed by atoms with van der Waals surface area (Å²) in [6, 6.07) is 8.65. The van der Waals surface area contributed by atoms with E-state index in [2.05, 4.69) is 49.3 Å². The van der Waals surface area contributed by atoms with Gasteiger partial charge in [0.2, 0.25) is 0 Å². The molecule has 106 valence electrons. The Morgan fingerprint density at radius 1 is 1.40 bits per heavy atom. The van der Waals surface area contributed by atoms with Crippen LogP contribution in [0.15, 0.2) is 29.8 Å². The molecule has 0 bridgehead atoms. The standard InChI is InChI=1S/C16H20N2OS/c1-11-15(20-10-18-11)9-17-13-8-16(2,3)19-14-7-5-4-6-12(13)14/h4-7,10,13,17H,8-9H2,1-3H3. The van der Waals surface area contributed by atoms with Gasteiger partial charge in [0.05, 0.1) is 11.2 Å². The zero-order valence-electron chi connectivity index (χ0n) is 12.1. The number of thiazole rings is 1. The van der Waals surface area contributed by atoms with Gasteiger partial charge in [0.25, 0.3) is 0 Å². The molecule has 2 aromatic rings. The van der Waals surface area contributed by atoms with Crippen LogP contribution < -0.4 is 10.1 Å². The van der Waals surface area contributed by atoms with E-state index in [1.807, 2.05) is 11.6 Å². The number of nitrogens with one attached hydrogen (secondary N) is 1. The van der Waals surface area contributed by atoms with E-state index in [4.69, 9.17) is 4.74 Å². The average molecular weight is 288 g/mol. The third-order valence-electron chi connectivity index (χ3n) is 3.73. The lowest BCUT2D eigenvalue weighted by molar-refractivity contribution is 0.0658. The third kappa shape index (κ3) is 2.72. The van der Waals surface area contributed by atoms with Gasteiger partial charge in [-0.15, -0.1) is 11.3 Å². The molecule has 2 heterocycles. The van der Waals surface area contributed by atoms with Gasteiger partial charge >= 0.3 is 0 Å². The topological polar surface area (TPSA) is 34.2 Å². The maximum atomic E-state index is 6.06. The second kappa shape index (κ2) is 5.19. The summed E-state index contributed by atoms with van der Waals surface area (Å²) in [5.41, 5.74) is 4.17. The maximum Gasteiger partial charge on any atom is 0.124 e. The van der Waals surface area contributed by atoms with Crippen LogP contribution in [0.3, 0.4) is 0 Å². The van der Waals surface area contributed by atoms with E-state index in [-0.39, 0.29) is 5.60 Å². The van der Waals surface area contributed by atoms with Gasteiger partial charge < -0.3 is 10.1 Å². The van der Waals surface area contributed by atoms with E-state index in [0.717, 1.165) is 24.4 Å². The first kappa shape index (κ1) is 13.6. The second-order valence-corrected chi connectivity index (χ2v) is 6.84. The van der Waals surface area contributed by atoms with Gasteiger partial charge in [-0.2, -0.15) is 0 Å². The predicted molar refractivity (Wildman–Crippen MR) is 82.2 cm³/mol. The molecule has 4 heteroatoms. The third-order valence-corrected chi connectivity index (χ3v) is 4.67. The van der Waals surface area contributed by atoms with Crippen molar-refractivity contribution in [3.8, 4) is 5.75 Å². The molecule has 0 radical (unpaired) electrons. The van der Waals surface area contributed by atoms with Crippen molar-refractivity contribution in [2.75, 3.05) is 0 Å². The van der Waals surface area contributed by atoms with Crippen molar-refractivity contribution in [1.82, 2.24) is 10.3 Å². The Labute approximate surface area is 124 Å². The summed E-state index contributed by atoms with van der Waals surface area (Å²) in [6.07, 6.45) is 0.974. The summed E-state index contributed by atoms with van der Waals surface area (Å²) in [5, 5.41) is 3.67. The van der Waals surface area contributed by atoms with Crippen molar-refractivity contribution in [3.05, 3.63) is 45.9 Å². The Morgan fingerprint density at radius 2 is 2.20 bits per heavy atom. The van der Waals surface area contributed by atoms with Gasteiger partial charge in [0.1, 0.15) is 11.4 Å². The summed E-state index contributed by atoms with van der Waals surface area (Å²) in [5.74, 6) is 1.00. The van der Waals surface area contributed by atoms with E-state index >= 15 is 0 Å². The number of para-hydroxylation sites is 1. The molecule has 0 aliphatic carbocycles. The van der Waals surface area contributed by atoms with E-state index < -0.39 is 0 Å². The number of benzene rings is 1. The lowest BCUT2D eigenvalue weighted by atomic mass is 9.89. The predicted octanol–water partition coefficient (Wildman–Crippen LogP) is 3.84. The number of rotatable bonds is 3. The molecular formula is C16H20N2OS. The molecule has 3 nitrogen and oxygen atoms in total. The molecule has 0 fully saturated rings. The van der Waals surface area contributed by atoms with Gasteiger partial charge in [0, 0.05) is 29.4 Å². The number of hydrogen-bond donors (Lipinski definition) is 1. The largest absolute Gasteiger partial charge is 0.487 e. The molecular weight excluding hydrogens is 268 g/mol. The number of fused-ring (bicyclic) bond motifs is 1. The van der Waals surface area contributed by atoms with E-state index in [1.165, 1.54) is 10.4 Å². The van der Waals surface area contributed by atoms with Gasteiger partial charge in [-0.1, -0.05) is 18.2 Å². The molecule has 1 unspecified atom stereocenters. The zero-order valence-corrected chi connectivity index (χ0v) is 13.0. The van der Waals surface area contributed by atoms with Gasteiger partial charge in [-0.3, -0.25) is 0 Å². The second-order valence-electron chi connectivity index (χ2n) is 5.90. The Kier molecular flexibility index (Phi) is 3.52. The monoisotopic (exact) mass is 288 g/mol. The highest BCUT2D eigenvalue weighted by molar-refractivity contribution is 7.09. The van der Waals surface area contributed by atoms with Gasteiger partial charge in [-0.05, 0) is 26.8 Å². The zero-order chi connectivity index (χ0) is 14.2. The number of nitrogens with zero attached hydrogens (tertiary/aromatic N) is 1. The summed E-state index contributed by atoms with van der Waals surface area (Å²) in [7, 11) is 0. The minimum Gasteiger partial charge on any atom is -0.487 e. The molecule has 0 saturated carbocycles. The molecule has 0 saturated heterocycles. The molecule has 1 aromatic carbocycles. The molecule has 3 rings (SSSR count). The van der Waals surface area contributed by atoms with Gasteiger partial charge in [0.15, 0.2) is 0 Å². The van der Waals surface area contributed by atoms with E-state index in [0.29, 0.717) is 6.04 Å². The van der Waals surface area contributed by atoms with Crippen LogP contribution in [0.5, 0.6) is 5.75 Å². The number of aromatic nitrogens is 1. The van der Waals surface area contributed by atoms with Crippen LogP contribution in [0.1, 0.15) is 42.4 Å². The fraction of sp³-hybridized carbons (Fsp3) is 0.438. The van der Waals surface area contributed by atoms with Crippen molar-refractivity contribution in [3.63, 3.8) is 0 Å².